The van der Waals surface area contributed by atoms with Gasteiger partial charge in [-0.3, -0.25) is 0 Å². The van der Waals surface area contributed by atoms with Gasteiger partial charge >= 0.3 is 6.03 Å². The summed E-state index contributed by atoms with van der Waals surface area (Å²) >= 11 is 1.53. The molecule has 1 aromatic carbocycles. The minimum atomic E-state index is -0.200. The van der Waals surface area contributed by atoms with Gasteiger partial charge in [-0.1, -0.05) is 24.3 Å². The van der Waals surface area contributed by atoms with Crippen LogP contribution in [0.4, 0.5) is 4.79 Å². The fourth-order valence-corrected chi connectivity index (χ4v) is 2.72. The summed E-state index contributed by atoms with van der Waals surface area (Å²) in [4.78, 5) is 16.2. The quantitative estimate of drug-likeness (QED) is 0.829. The van der Waals surface area contributed by atoms with Crippen molar-refractivity contribution < 1.29 is 9.53 Å². The number of nitrogens with one attached hydrogen (secondary N) is 2. The average Bonchev–Trinajstić information content (AvgIpc) is 3.05. The van der Waals surface area contributed by atoms with E-state index in [4.69, 9.17) is 4.74 Å². The number of carbonyl (C=O) groups is 1. The van der Waals surface area contributed by atoms with Gasteiger partial charge in [0.05, 0.1) is 18.2 Å². The maximum atomic E-state index is 12.0. The lowest BCUT2D eigenvalue weighted by Crippen LogP contribution is -2.36. The summed E-state index contributed by atoms with van der Waals surface area (Å²) in [5, 5.41) is 8.56. The number of aromatic nitrogens is 1. The van der Waals surface area contributed by atoms with Gasteiger partial charge in [0.2, 0.25) is 0 Å². The first-order valence-corrected chi connectivity index (χ1v) is 8.87. The highest BCUT2D eigenvalue weighted by atomic mass is 32.1. The molecule has 0 aliphatic carbocycles. The van der Waals surface area contributed by atoms with Crippen molar-refractivity contribution in [2.45, 2.75) is 52.5 Å². The molecule has 2 N–H and O–H groups in total. The first kappa shape index (κ1) is 18.4. The van der Waals surface area contributed by atoms with Crippen LogP contribution in [-0.2, 0) is 17.9 Å². The Morgan fingerprint density at radius 2 is 2.08 bits per heavy atom. The first-order chi connectivity index (χ1) is 11.3. The van der Waals surface area contributed by atoms with Crippen LogP contribution in [0, 0.1) is 0 Å². The van der Waals surface area contributed by atoms with Gasteiger partial charge in [0.15, 0.2) is 0 Å². The summed E-state index contributed by atoms with van der Waals surface area (Å²) in [6.45, 7) is 9.05. The molecule has 2 aromatic rings. The summed E-state index contributed by atoms with van der Waals surface area (Å²) in [6.07, 6.45) is 1.74. The summed E-state index contributed by atoms with van der Waals surface area (Å²) in [6, 6.07) is 7.75. The maximum Gasteiger partial charge on any atom is 0.315 e. The molecule has 0 saturated carbocycles. The van der Waals surface area contributed by atoms with E-state index in [0.29, 0.717) is 13.2 Å². The molecule has 0 aliphatic heterocycles. The van der Waals surface area contributed by atoms with Crippen molar-refractivity contribution in [2.24, 2.45) is 0 Å². The van der Waals surface area contributed by atoms with Crippen LogP contribution in [0.25, 0.3) is 0 Å². The average molecular weight is 347 g/mol. The molecular weight excluding hydrogens is 322 g/mol. The Bertz CT molecular complexity index is 651. The van der Waals surface area contributed by atoms with Crippen LogP contribution in [0.5, 0.6) is 0 Å². The summed E-state index contributed by atoms with van der Waals surface area (Å²) in [5.74, 6) is 0. The fourth-order valence-electron chi connectivity index (χ4n) is 2.07. The van der Waals surface area contributed by atoms with E-state index in [2.05, 4.69) is 21.7 Å². The number of carbonyl (C=O) groups excluding carboxylic acids is 1. The number of ether oxygens (including phenoxy) is 1. The van der Waals surface area contributed by atoms with E-state index in [0.717, 1.165) is 16.1 Å². The molecule has 1 heterocycles. The van der Waals surface area contributed by atoms with Gasteiger partial charge in [-0.15, -0.1) is 11.3 Å². The molecule has 1 aromatic heterocycles. The molecule has 0 spiro atoms. The molecule has 0 bridgehead atoms. The van der Waals surface area contributed by atoms with Crippen molar-refractivity contribution in [3.8, 4) is 0 Å². The van der Waals surface area contributed by atoms with E-state index < -0.39 is 0 Å². The Kier molecular flexibility index (Phi) is 6.34. The van der Waals surface area contributed by atoms with Gasteiger partial charge in [-0.25, -0.2) is 9.78 Å². The van der Waals surface area contributed by atoms with Gasteiger partial charge in [0, 0.05) is 18.1 Å². The van der Waals surface area contributed by atoms with Crippen molar-refractivity contribution in [2.75, 3.05) is 0 Å². The molecule has 2 amide bonds. The standard InChI is InChI=1S/C18H25N3O2S/c1-13(16-19-8-9-24-16)21-17(22)20-11-14-6-5-7-15(10-14)12-23-18(2,3)4/h5-10,13H,11-12H2,1-4H3,(H2,20,21,22). The molecular formula is C18H25N3O2S. The first-order valence-electron chi connectivity index (χ1n) is 7.99. The lowest BCUT2D eigenvalue weighted by molar-refractivity contribution is -0.0149. The zero-order valence-electron chi connectivity index (χ0n) is 14.6. The second-order valence-corrected chi connectivity index (χ2v) is 7.57. The van der Waals surface area contributed by atoms with Gasteiger partial charge in [-0.2, -0.15) is 0 Å². The minimum Gasteiger partial charge on any atom is -0.371 e. The van der Waals surface area contributed by atoms with Crippen LogP contribution < -0.4 is 10.6 Å². The smallest absolute Gasteiger partial charge is 0.315 e. The number of benzene rings is 1. The van der Waals surface area contributed by atoms with Crippen LogP contribution in [0.3, 0.4) is 0 Å². The van der Waals surface area contributed by atoms with Crippen LogP contribution in [0.15, 0.2) is 35.8 Å². The zero-order valence-corrected chi connectivity index (χ0v) is 15.4. The van der Waals surface area contributed by atoms with Gasteiger partial charge in [-0.05, 0) is 38.8 Å². The Morgan fingerprint density at radius 3 is 2.75 bits per heavy atom. The Hall–Kier alpha value is -1.92. The molecule has 5 nitrogen and oxygen atoms in total. The third-order valence-corrected chi connectivity index (χ3v) is 4.24. The number of hydrogen-bond acceptors (Lipinski definition) is 4. The summed E-state index contributed by atoms with van der Waals surface area (Å²) in [7, 11) is 0. The van der Waals surface area contributed by atoms with E-state index in [-0.39, 0.29) is 17.7 Å². The molecule has 1 atom stereocenters. The maximum absolute atomic E-state index is 12.0. The second kappa shape index (κ2) is 8.26. The third kappa shape index (κ3) is 6.29. The molecule has 1 unspecified atom stereocenters. The molecule has 0 saturated heterocycles. The van der Waals surface area contributed by atoms with E-state index in [1.807, 2.05) is 51.3 Å². The van der Waals surface area contributed by atoms with Crippen molar-refractivity contribution in [1.82, 2.24) is 15.6 Å². The highest BCUT2D eigenvalue weighted by molar-refractivity contribution is 7.09. The third-order valence-electron chi connectivity index (χ3n) is 3.29. The van der Waals surface area contributed by atoms with Crippen molar-refractivity contribution >= 4 is 17.4 Å². The topological polar surface area (TPSA) is 63.2 Å². The van der Waals surface area contributed by atoms with E-state index in [9.17, 15) is 4.79 Å². The van der Waals surface area contributed by atoms with Gasteiger partial charge < -0.3 is 15.4 Å². The van der Waals surface area contributed by atoms with Crippen LogP contribution >= 0.6 is 11.3 Å². The van der Waals surface area contributed by atoms with E-state index in [1.54, 1.807) is 6.20 Å². The zero-order chi connectivity index (χ0) is 17.6. The molecule has 0 fully saturated rings. The second-order valence-electron chi connectivity index (χ2n) is 6.64. The van der Waals surface area contributed by atoms with Gasteiger partial charge in [0.1, 0.15) is 5.01 Å². The lowest BCUT2D eigenvalue weighted by atomic mass is 10.1. The van der Waals surface area contributed by atoms with Crippen molar-refractivity contribution in [3.63, 3.8) is 0 Å². The Labute approximate surface area is 147 Å². The van der Waals surface area contributed by atoms with E-state index >= 15 is 0 Å². The molecule has 130 valence electrons. The molecule has 0 aliphatic rings. The Balaban J connectivity index is 1.82. The molecule has 6 heteroatoms. The van der Waals surface area contributed by atoms with Crippen LogP contribution in [-0.4, -0.2) is 16.6 Å². The highest BCUT2D eigenvalue weighted by Crippen LogP contribution is 2.15. The summed E-state index contributed by atoms with van der Waals surface area (Å²) in [5.41, 5.74) is 1.97. The van der Waals surface area contributed by atoms with E-state index in [1.165, 1.54) is 11.3 Å². The predicted octanol–water partition coefficient (Wildman–Crippen LogP) is 4.02. The monoisotopic (exact) mass is 347 g/mol. The van der Waals surface area contributed by atoms with Crippen LogP contribution in [0.1, 0.15) is 49.9 Å². The van der Waals surface area contributed by atoms with Gasteiger partial charge in [0.25, 0.3) is 0 Å². The number of amides is 2. The van der Waals surface area contributed by atoms with Crippen molar-refractivity contribution in [1.29, 1.82) is 0 Å². The normalized spacial score (nSPS) is 12.7. The fraction of sp³-hybridized carbons (Fsp3) is 0.444. The minimum absolute atomic E-state index is 0.100. The Morgan fingerprint density at radius 1 is 1.33 bits per heavy atom. The number of nitrogens with zero attached hydrogens (tertiary/aromatic N) is 1. The highest BCUT2D eigenvalue weighted by Gasteiger charge is 2.12. The number of thiazole rings is 1. The lowest BCUT2D eigenvalue weighted by Gasteiger charge is -2.19. The SMILES string of the molecule is CC(NC(=O)NCc1cccc(COC(C)(C)C)c1)c1nccs1. The number of urea groups is 1. The largest absolute Gasteiger partial charge is 0.371 e. The van der Waals surface area contributed by atoms with Crippen molar-refractivity contribution in [3.05, 3.63) is 52.0 Å². The number of hydrogen-bond donors (Lipinski definition) is 2. The van der Waals surface area contributed by atoms with Crippen LogP contribution in [0.2, 0.25) is 0 Å². The molecule has 2 rings (SSSR count). The number of rotatable bonds is 6. The summed E-state index contributed by atoms with van der Waals surface area (Å²) < 4.78 is 5.78. The molecule has 0 radical (unpaired) electrons. The molecule has 24 heavy (non-hydrogen) atoms. The predicted molar refractivity (Wildman–Crippen MR) is 96.9 cm³/mol.